The molecule has 1 fully saturated rings. The van der Waals surface area contributed by atoms with Crippen LogP contribution >= 0.6 is 0 Å². The molecule has 1 aliphatic rings. The van der Waals surface area contributed by atoms with Crippen molar-refractivity contribution in [3.05, 3.63) is 53.5 Å². The second-order valence-corrected chi connectivity index (χ2v) is 5.79. The first-order valence-electron chi connectivity index (χ1n) is 7.87. The van der Waals surface area contributed by atoms with Crippen molar-refractivity contribution < 1.29 is 23.8 Å². The summed E-state index contributed by atoms with van der Waals surface area (Å²) < 4.78 is 11.2. The summed E-state index contributed by atoms with van der Waals surface area (Å²) in [6, 6.07) is 10.2. The number of aliphatic carboxylic acids is 1. The van der Waals surface area contributed by atoms with Crippen molar-refractivity contribution in [2.75, 3.05) is 6.54 Å². The van der Waals surface area contributed by atoms with E-state index < -0.39 is 12.0 Å². The van der Waals surface area contributed by atoms with Crippen LogP contribution in [-0.2, 0) is 11.4 Å². The van der Waals surface area contributed by atoms with E-state index in [0.717, 1.165) is 11.3 Å². The average molecular weight is 329 g/mol. The first-order chi connectivity index (χ1) is 11.6. The topological polar surface area (TPSA) is 80.0 Å². The molecule has 1 amide bonds. The van der Waals surface area contributed by atoms with E-state index in [4.69, 9.17) is 9.15 Å². The van der Waals surface area contributed by atoms with Crippen molar-refractivity contribution in [3.63, 3.8) is 0 Å². The number of para-hydroxylation sites is 1. The first-order valence-corrected chi connectivity index (χ1v) is 7.87. The number of likely N-dealkylation sites (tertiary alicyclic amines) is 1. The van der Waals surface area contributed by atoms with Gasteiger partial charge in [-0.3, -0.25) is 4.79 Å². The molecule has 1 aromatic heterocycles. The molecule has 0 radical (unpaired) electrons. The smallest absolute Gasteiger partial charge is 0.326 e. The Morgan fingerprint density at radius 2 is 2.08 bits per heavy atom. The van der Waals surface area contributed by atoms with Gasteiger partial charge in [-0.05, 0) is 38.0 Å². The van der Waals surface area contributed by atoms with Gasteiger partial charge in [-0.2, -0.15) is 0 Å². The monoisotopic (exact) mass is 329 g/mol. The molecule has 0 unspecified atom stereocenters. The molecular formula is C18H19NO5. The van der Waals surface area contributed by atoms with E-state index in [1.807, 2.05) is 30.3 Å². The number of furan rings is 1. The van der Waals surface area contributed by atoms with Gasteiger partial charge in [-0.1, -0.05) is 18.2 Å². The Bertz CT molecular complexity index is 737. The van der Waals surface area contributed by atoms with Crippen LogP contribution in [0.2, 0.25) is 0 Å². The lowest BCUT2D eigenvalue weighted by Crippen LogP contribution is -2.40. The molecule has 1 saturated heterocycles. The van der Waals surface area contributed by atoms with E-state index in [1.165, 1.54) is 4.90 Å². The molecule has 126 valence electrons. The van der Waals surface area contributed by atoms with Gasteiger partial charge in [0.15, 0.2) is 5.76 Å². The predicted octanol–water partition coefficient (Wildman–Crippen LogP) is 2.86. The van der Waals surface area contributed by atoms with Crippen LogP contribution in [0.25, 0.3) is 0 Å². The van der Waals surface area contributed by atoms with E-state index in [2.05, 4.69) is 0 Å². The van der Waals surface area contributed by atoms with E-state index in [-0.39, 0.29) is 18.3 Å². The molecule has 1 aromatic carbocycles. The third-order valence-electron chi connectivity index (χ3n) is 4.17. The minimum Gasteiger partial charge on any atom is -0.489 e. The zero-order valence-corrected chi connectivity index (χ0v) is 13.4. The highest BCUT2D eigenvalue weighted by atomic mass is 16.5. The summed E-state index contributed by atoms with van der Waals surface area (Å²) in [5.74, 6) is 0.134. The number of rotatable bonds is 5. The fourth-order valence-corrected chi connectivity index (χ4v) is 2.85. The molecule has 6 nitrogen and oxygen atoms in total. The number of nitrogens with zero attached hydrogens (tertiary/aromatic N) is 1. The Kier molecular flexibility index (Phi) is 4.55. The third kappa shape index (κ3) is 3.27. The van der Waals surface area contributed by atoms with Crippen LogP contribution in [0.1, 0.15) is 34.7 Å². The van der Waals surface area contributed by atoms with Gasteiger partial charge in [0.05, 0.1) is 0 Å². The van der Waals surface area contributed by atoms with Crippen molar-refractivity contribution in [3.8, 4) is 5.75 Å². The summed E-state index contributed by atoms with van der Waals surface area (Å²) in [5.41, 5.74) is 0.772. The Balaban J connectivity index is 1.71. The van der Waals surface area contributed by atoms with Crippen molar-refractivity contribution in [1.82, 2.24) is 4.90 Å². The lowest BCUT2D eigenvalue weighted by Gasteiger charge is -2.19. The van der Waals surface area contributed by atoms with E-state index in [0.29, 0.717) is 25.1 Å². The summed E-state index contributed by atoms with van der Waals surface area (Å²) in [5, 5.41) is 9.21. The van der Waals surface area contributed by atoms with Crippen molar-refractivity contribution in [1.29, 1.82) is 0 Å². The molecule has 6 heteroatoms. The Hall–Kier alpha value is -2.76. The third-order valence-corrected chi connectivity index (χ3v) is 4.17. The van der Waals surface area contributed by atoms with Crippen LogP contribution in [-0.4, -0.2) is 34.5 Å². The zero-order chi connectivity index (χ0) is 17.1. The Morgan fingerprint density at radius 3 is 2.79 bits per heavy atom. The lowest BCUT2D eigenvalue weighted by atomic mass is 10.2. The number of carbonyl (C=O) groups excluding carboxylic acids is 1. The highest BCUT2D eigenvalue weighted by molar-refractivity contribution is 5.95. The van der Waals surface area contributed by atoms with Gasteiger partial charge in [-0.15, -0.1) is 0 Å². The highest BCUT2D eigenvalue weighted by Crippen LogP contribution is 2.24. The van der Waals surface area contributed by atoms with Crippen LogP contribution in [0.15, 0.2) is 40.8 Å². The molecule has 2 heterocycles. The minimum atomic E-state index is -0.975. The SMILES string of the molecule is Cc1oc(C(=O)N2CCC[C@H]2C(=O)O)cc1COc1ccccc1. The van der Waals surface area contributed by atoms with Crippen molar-refractivity contribution >= 4 is 11.9 Å². The molecule has 0 spiro atoms. The van der Waals surface area contributed by atoms with Gasteiger partial charge in [0, 0.05) is 12.1 Å². The molecule has 24 heavy (non-hydrogen) atoms. The predicted molar refractivity (Wildman–Crippen MR) is 85.9 cm³/mol. The largest absolute Gasteiger partial charge is 0.489 e. The fraction of sp³-hybridized carbons (Fsp3) is 0.333. The summed E-state index contributed by atoms with van der Waals surface area (Å²) >= 11 is 0. The Labute approximate surface area is 139 Å². The molecule has 0 saturated carbocycles. The van der Waals surface area contributed by atoms with Crippen molar-refractivity contribution in [2.45, 2.75) is 32.4 Å². The van der Waals surface area contributed by atoms with Crippen molar-refractivity contribution in [2.24, 2.45) is 0 Å². The normalized spacial score (nSPS) is 17.0. The molecule has 0 aliphatic carbocycles. The maximum absolute atomic E-state index is 12.5. The number of hydrogen-bond donors (Lipinski definition) is 1. The first kappa shape index (κ1) is 16.1. The van der Waals surface area contributed by atoms with Gasteiger partial charge in [-0.25, -0.2) is 4.79 Å². The number of hydrogen-bond acceptors (Lipinski definition) is 4. The van der Waals surface area contributed by atoms with Gasteiger partial charge in [0.25, 0.3) is 5.91 Å². The second-order valence-electron chi connectivity index (χ2n) is 5.79. The van der Waals surface area contributed by atoms with Gasteiger partial charge in [0.2, 0.25) is 0 Å². The van der Waals surface area contributed by atoms with E-state index in [9.17, 15) is 14.7 Å². The molecule has 0 bridgehead atoms. The van der Waals surface area contributed by atoms with Crippen LogP contribution in [0.5, 0.6) is 5.75 Å². The van der Waals surface area contributed by atoms with Crippen LogP contribution < -0.4 is 4.74 Å². The molecule has 1 aliphatic heterocycles. The number of carboxylic acids is 1. The van der Waals surface area contributed by atoms with Gasteiger partial charge in [0.1, 0.15) is 24.2 Å². The number of carboxylic acid groups (broad SMARTS) is 1. The van der Waals surface area contributed by atoms with Gasteiger partial charge >= 0.3 is 5.97 Å². The maximum Gasteiger partial charge on any atom is 0.326 e. The molecule has 2 aromatic rings. The van der Waals surface area contributed by atoms with Crippen LogP contribution in [0.4, 0.5) is 0 Å². The van der Waals surface area contributed by atoms with Gasteiger partial charge < -0.3 is 19.2 Å². The Morgan fingerprint density at radius 1 is 1.33 bits per heavy atom. The number of amides is 1. The van der Waals surface area contributed by atoms with E-state index in [1.54, 1.807) is 13.0 Å². The number of ether oxygens (including phenoxy) is 1. The summed E-state index contributed by atoms with van der Waals surface area (Å²) in [4.78, 5) is 25.1. The van der Waals surface area contributed by atoms with E-state index >= 15 is 0 Å². The summed E-state index contributed by atoms with van der Waals surface area (Å²) in [6.07, 6.45) is 1.16. The maximum atomic E-state index is 12.5. The fourth-order valence-electron chi connectivity index (χ4n) is 2.85. The number of carbonyl (C=O) groups is 2. The quantitative estimate of drug-likeness (QED) is 0.912. The highest BCUT2D eigenvalue weighted by Gasteiger charge is 2.35. The lowest BCUT2D eigenvalue weighted by molar-refractivity contribution is -0.141. The average Bonchev–Trinajstić information content (AvgIpc) is 3.20. The second kappa shape index (κ2) is 6.78. The molecule has 3 rings (SSSR count). The summed E-state index contributed by atoms with van der Waals surface area (Å²) in [6.45, 7) is 2.49. The zero-order valence-electron chi connectivity index (χ0n) is 13.4. The number of benzene rings is 1. The number of aryl methyl sites for hydroxylation is 1. The molecule has 1 N–H and O–H groups in total. The van der Waals surface area contributed by atoms with Crippen LogP contribution in [0, 0.1) is 6.92 Å². The van der Waals surface area contributed by atoms with Crippen LogP contribution in [0.3, 0.4) is 0 Å². The summed E-state index contributed by atoms with van der Waals surface area (Å²) in [7, 11) is 0. The molecular weight excluding hydrogens is 310 g/mol. The minimum absolute atomic E-state index is 0.160. The molecule has 1 atom stereocenters. The standard InChI is InChI=1S/C18H19NO5/c1-12-13(11-23-14-6-3-2-4-7-14)10-16(24-12)17(20)19-9-5-8-15(19)18(21)22/h2-4,6-7,10,15H,5,8-9,11H2,1H3,(H,21,22)/t15-/m0/s1.